The van der Waals surface area contributed by atoms with E-state index in [1.54, 1.807) is 0 Å². The number of hydrogen-bond acceptors (Lipinski definition) is 0. The third-order valence-corrected chi connectivity index (χ3v) is 2.85. The quantitative estimate of drug-likeness (QED) is 0.566. The van der Waals surface area contributed by atoms with E-state index in [2.05, 4.69) is 44.2 Å². The lowest BCUT2D eigenvalue weighted by atomic mass is 9.93. The van der Waals surface area contributed by atoms with Gasteiger partial charge in [0.25, 0.3) is 0 Å². The molecule has 0 saturated carbocycles. The first kappa shape index (κ1) is 8.55. The molecule has 0 spiro atoms. The Kier molecular flexibility index (Phi) is 2.22. The number of benzene rings is 1. The highest BCUT2D eigenvalue weighted by atomic mass is 14.2. The smallest absolute Gasteiger partial charge is 0.00236 e. The SMILES string of the molecule is Cc1ccc(C)c(C2C=CCC2)c1. The molecular weight excluding hydrogens is 156 g/mol. The van der Waals surface area contributed by atoms with Gasteiger partial charge in [0.15, 0.2) is 0 Å². The van der Waals surface area contributed by atoms with Crippen LogP contribution in [-0.4, -0.2) is 0 Å². The van der Waals surface area contributed by atoms with E-state index in [9.17, 15) is 0 Å². The Balaban J connectivity index is 2.37. The Morgan fingerprint density at radius 3 is 2.77 bits per heavy atom. The molecule has 1 aromatic rings. The van der Waals surface area contributed by atoms with E-state index in [4.69, 9.17) is 0 Å². The molecule has 0 aromatic heterocycles. The Morgan fingerprint density at radius 2 is 2.08 bits per heavy atom. The van der Waals surface area contributed by atoms with Gasteiger partial charge in [-0.2, -0.15) is 0 Å². The summed E-state index contributed by atoms with van der Waals surface area (Å²) in [5, 5.41) is 0. The summed E-state index contributed by atoms with van der Waals surface area (Å²) in [7, 11) is 0. The fourth-order valence-corrected chi connectivity index (χ4v) is 2.05. The molecule has 13 heavy (non-hydrogen) atoms. The molecule has 1 atom stereocenters. The van der Waals surface area contributed by atoms with Gasteiger partial charge >= 0.3 is 0 Å². The molecule has 0 heteroatoms. The van der Waals surface area contributed by atoms with Crippen LogP contribution in [0.5, 0.6) is 0 Å². The molecule has 0 nitrogen and oxygen atoms in total. The maximum atomic E-state index is 2.35. The number of rotatable bonds is 1. The molecule has 0 radical (unpaired) electrons. The van der Waals surface area contributed by atoms with E-state index in [-0.39, 0.29) is 0 Å². The van der Waals surface area contributed by atoms with Crippen LogP contribution in [-0.2, 0) is 0 Å². The van der Waals surface area contributed by atoms with Crippen molar-refractivity contribution in [2.24, 2.45) is 0 Å². The molecule has 0 aliphatic heterocycles. The first-order chi connectivity index (χ1) is 6.27. The molecule has 2 rings (SSSR count). The van der Waals surface area contributed by atoms with E-state index in [1.807, 2.05) is 0 Å². The first-order valence-electron chi connectivity index (χ1n) is 5.01. The van der Waals surface area contributed by atoms with E-state index in [0.717, 1.165) is 0 Å². The lowest BCUT2D eigenvalue weighted by Crippen LogP contribution is -1.95. The van der Waals surface area contributed by atoms with Gasteiger partial charge in [-0.25, -0.2) is 0 Å². The second-order valence-corrected chi connectivity index (χ2v) is 3.97. The van der Waals surface area contributed by atoms with Gasteiger partial charge in [0.2, 0.25) is 0 Å². The minimum absolute atomic E-state index is 0.680. The van der Waals surface area contributed by atoms with E-state index in [1.165, 1.54) is 29.5 Å². The largest absolute Gasteiger partial charge is 0.0879 e. The second kappa shape index (κ2) is 3.37. The normalized spacial score (nSPS) is 20.9. The second-order valence-electron chi connectivity index (χ2n) is 3.97. The van der Waals surface area contributed by atoms with Crippen molar-refractivity contribution >= 4 is 0 Å². The molecule has 1 unspecified atom stereocenters. The Labute approximate surface area is 80.3 Å². The third kappa shape index (κ3) is 1.67. The summed E-state index contributed by atoms with van der Waals surface area (Å²) >= 11 is 0. The Morgan fingerprint density at radius 1 is 1.23 bits per heavy atom. The van der Waals surface area contributed by atoms with Gasteiger partial charge in [0.1, 0.15) is 0 Å². The van der Waals surface area contributed by atoms with Crippen molar-refractivity contribution in [3.8, 4) is 0 Å². The van der Waals surface area contributed by atoms with Crippen LogP contribution in [0.4, 0.5) is 0 Å². The van der Waals surface area contributed by atoms with Crippen molar-refractivity contribution < 1.29 is 0 Å². The van der Waals surface area contributed by atoms with E-state index in [0.29, 0.717) is 5.92 Å². The maximum absolute atomic E-state index is 2.35. The predicted octanol–water partition coefficient (Wildman–Crippen LogP) is 3.74. The van der Waals surface area contributed by atoms with Gasteiger partial charge in [-0.3, -0.25) is 0 Å². The van der Waals surface area contributed by atoms with Crippen LogP contribution in [0.2, 0.25) is 0 Å². The van der Waals surface area contributed by atoms with Gasteiger partial charge in [0.05, 0.1) is 0 Å². The van der Waals surface area contributed by atoms with Crippen molar-refractivity contribution in [2.45, 2.75) is 32.6 Å². The highest BCUT2D eigenvalue weighted by molar-refractivity contribution is 5.36. The van der Waals surface area contributed by atoms with Gasteiger partial charge in [-0.15, -0.1) is 0 Å². The zero-order chi connectivity index (χ0) is 9.26. The van der Waals surface area contributed by atoms with Crippen molar-refractivity contribution in [1.82, 2.24) is 0 Å². The lowest BCUT2D eigenvalue weighted by Gasteiger charge is -2.12. The maximum Gasteiger partial charge on any atom is 0.00236 e. The molecule has 0 heterocycles. The topological polar surface area (TPSA) is 0 Å². The number of aryl methyl sites for hydroxylation is 2. The fourth-order valence-electron chi connectivity index (χ4n) is 2.05. The minimum atomic E-state index is 0.680. The zero-order valence-corrected chi connectivity index (χ0v) is 8.38. The van der Waals surface area contributed by atoms with Crippen LogP contribution in [0.3, 0.4) is 0 Å². The summed E-state index contributed by atoms with van der Waals surface area (Å²) in [6.45, 7) is 4.38. The minimum Gasteiger partial charge on any atom is -0.0879 e. The van der Waals surface area contributed by atoms with Crippen molar-refractivity contribution in [2.75, 3.05) is 0 Å². The molecular formula is C13H16. The molecule has 1 aliphatic carbocycles. The molecule has 0 bridgehead atoms. The lowest BCUT2D eigenvalue weighted by molar-refractivity contribution is 0.794. The Bertz CT molecular complexity index is 334. The van der Waals surface area contributed by atoms with Crippen LogP contribution < -0.4 is 0 Å². The highest BCUT2D eigenvalue weighted by Gasteiger charge is 2.13. The summed E-state index contributed by atoms with van der Waals surface area (Å²) in [6.07, 6.45) is 7.19. The molecule has 1 aromatic carbocycles. The predicted molar refractivity (Wildman–Crippen MR) is 57.0 cm³/mol. The highest BCUT2D eigenvalue weighted by Crippen LogP contribution is 2.30. The molecule has 0 amide bonds. The summed E-state index contributed by atoms with van der Waals surface area (Å²) in [4.78, 5) is 0. The summed E-state index contributed by atoms with van der Waals surface area (Å²) in [6, 6.07) is 6.75. The molecule has 0 fully saturated rings. The third-order valence-electron chi connectivity index (χ3n) is 2.85. The molecule has 0 saturated heterocycles. The number of hydrogen-bond donors (Lipinski definition) is 0. The van der Waals surface area contributed by atoms with E-state index >= 15 is 0 Å². The average molecular weight is 172 g/mol. The van der Waals surface area contributed by atoms with Crippen LogP contribution in [0, 0.1) is 13.8 Å². The Hall–Kier alpha value is -1.04. The van der Waals surface area contributed by atoms with Gasteiger partial charge in [-0.1, -0.05) is 35.9 Å². The van der Waals surface area contributed by atoms with Crippen LogP contribution >= 0.6 is 0 Å². The fraction of sp³-hybridized carbons (Fsp3) is 0.385. The molecule has 68 valence electrons. The summed E-state index contributed by atoms with van der Waals surface area (Å²) in [5.41, 5.74) is 4.33. The van der Waals surface area contributed by atoms with Gasteiger partial charge in [0, 0.05) is 5.92 Å². The van der Waals surface area contributed by atoms with Gasteiger partial charge < -0.3 is 0 Å². The number of allylic oxidation sites excluding steroid dienone is 2. The first-order valence-corrected chi connectivity index (χ1v) is 5.01. The zero-order valence-electron chi connectivity index (χ0n) is 8.38. The monoisotopic (exact) mass is 172 g/mol. The summed E-state index contributed by atoms with van der Waals surface area (Å²) in [5.74, 6) is 0.680. The summed E-state index contributed by atoms with van der Waals surface area (Å²) < 4.78 is 0. The standard InChI is InChI=1S/C13H16/c1-10-7-8-11(2)13(9-10)12-5-3-4-6-12/h3,5,7-9,12H,4,6H2,1-2H3. The molecule has 0 N–H and O–H groups in total. The van der Waals surface area contributed by atoms with Crippen molar-refractivity contribution in [1.29, 1.82) is 0 Å². The van der Waals surface area contributed by atoms with Crippen LogP contribution in [0.25, 0.3) is 0 Å². The molecule has 1 aliphatic rings. The van der Waals surface area contributed by atoms with Gasteiger partial charge in [-0.05, 0) is 37.8 Å². The average Bonchev–Trinajstić information content (AvgIpc) is 2.61. The van der Waals surface area contributed by atoms with Crippen molar-refractivity contribution in [3.05, 3.63) is 47.0 Å². The van der Waals surface area contributed by atoms with Crippen molar-refractivity contribution in [3.63, 3.8) is 0 Å². The van der Waals surface area contributed by atoms with E-state index < -0.39 is 0 Å². The van der Waals surface area contributed by atoms with Crippen LogP contribution in [0.15, 0.2) is 30.4 Å². The van der Waals surface area contributed by atoms with Crippen LogP contribution in [0.1, 0.15) is 35.4 Å².